The van der Waals surface area contributed by atoms with Gasteiger partial charge in [0.05, 0.1) is 13.2 Å². The van der Waals surface area contributed by atoms with E-state index in [1.54, 1.807) is 0 Å². The number of morpholine rings is 1. The second-order valence-corrected chi connectivity index (χ2v) is 3.42. The molecule has 3 heteroatoms. The lowest BCUT2D eigenvalue weighted by atomic mass is 10.1. The Kier molecular flexibility index (Phi) is 4.12. The largest absolute Gasteiger partial charge is 0.379 e. The van der Waals surface area contributed by atoms with Gasteiger partial charge in [-0.15, -0.1) is 0 Å². The molecule has 3 nitrogen and oxygen atoms in total. The average molecular weight is 183 g/mol. The van der Waals surface area contributed by atoms with E-state index < -0.39 is 0 Å². The van der Waals surface area contributed by atoms with E-state index in [4.69, 9.17) is 4.74 Å². The van der Waals surface area contributed by atoms with Crippen LogP contribution in [0.15, 0.2) is 12.7 Å². The average Bonchev–Trinajstić information content (AvgIpc) is 2.18. The van der Waals surface area contributed by atoms with Gasteiger partial charge in [0.25, 0.3) is 0 Å². The SMILES string of the molecule is C=CC(=O)C(C)CN1CCOCC1. The Bertz CT molecular complexity index is 185. The van der Waals surface area contributed by atoms with Crippen LogP contribution in [-0.4, -0.2) is 43.5 Å². The van der Waals surface area contributed by atoms with Crippen LogP contribution in [0.4, 0.5) is 0 Å². The van der Waals surface area contributed by atoms with Gasteiger partial charge >= 0.3 is 0 Å². The first-order chi connectivity index (χ1) is 6.24. The van der Waals surface area contributed by atoms with E-state index in [9.17, 15) is 4.79 Å². The minimum absolute atomic E-state index is 0.0654. The number of allylic oxidation sites excluding steroid dienone is 1. The second kappa shape index (κ2) is 5.14. The van der Waals surface area contributed by atoms with E-state index in [2.05, 4.69) is 11.5 Å². The van der Waals surface area contributed by atoms with Gasteiger partial charge in [-0.2, -0.15) is 0 Å². The van der Waals surface area contributed by atoms with E-state index in [1.165, 1.54) is 6.08 Å². The van der Waals surface area contributed by atoms with Crippen molar-refractivity contribution in [1.82, 2.24) is 4.90 Å². The number of rotatable bonds is 4. The van der Waals surface area contributed by atoms with E-state index >= 15 is 0 Å². The molecule has 0 spiro atoms. The van der Waals surface area contributed by atoms with Crippen LogP contribution in [0.5, 0.6) is 0 Å². The zero-order valence-electron chi connectivity index (χ0n) is 8.16. The van der Waals surface area contributed by atoms with Crippen molar-refractivity contribution in [2.24, 2.45) is 5.92 Å². The maximum Gasteiger partial charge on any atom is 0.159 e. The molecule has 1 rings (SSSR count). The van der Waals surface area contributed by atoms with Crippen molar-refractivity contribution in [3.05, 3.63) is 12.7 Å². The molecule has 0 aromatic heterocycles. The third kappa shape index (κ3) is 3.28. The maximum absolute atomic E-state index is 11.2. The molecule has 1 saturated heterocycles. The lowest BCUT2D eigenvalue weighted by Gasteiger charge is -2.28. The third-order valence-electron chi connectivity index (χ3n) is 2.32. The van der Waals surface area contributed by atoms with Crippen LogP contribution in [-0.2, 0) is 9.53 Å². The van der Waals surface area contributed by atoms with Gasteiger partial charge in [-0.1, -0.05) is 13.5 Å². The number of hydrogen-bond donors (Lipinski definition) is 0. The highest BCUT2D eigenvalue weighted by Gasteiger charge is 2.16. The first-order valence-electron chi connectivity index (χ1n) is 4.70. The van der Waals surface area contributed by atoms with Gasteiger partial charge in [0, 0.05) is 25.6 Å². The van der Waals surface area contributed by atoms with Crippen LogP contribution in [0, 0.1) is 5.92 Å². The van der Waals surface area contributed by atoms with Gasteiger partial charge in [0.2, 0.25) is 0 Å². The highest BCUT2D eigenvalue weighted by Crippen LogP contribution is 2.04. The summed E-state index contributed by atoms with van der Waals surface area (Å²) in [4.78, 5) is 13.5. The van der Waals surface area contributed by atoms with Gasteiger partial charge in [-0.25, -0.2) is 0 Å². The van der Waals surface area contributed by atoms with Crippen molar-refractivity contribution in [1.29, 1.82) is 0 Å². The number of carbonyl (C=O) groups is 1. The zero-order valence-corrected chi connectivity index (χ0v) is 8.16. The van der Waals surface area contributed by atoms with Gasteiger partial charge in [-0.3, -0.25) is 9.69 Å². The number of ether oxygens (including phenoxy) is 1. The molecular formula is C10H17NO2. The van der Waals surface area contributed by atoms with Crippen molar-refractivity contribution in [2.45, 2.75) is 6.92 Å². The molecule has 0 aromatic rings. The smallest absolute Gasteiger partial charge is 0.159 e. The highest BCUT2D eigenvalue weighted by molar-refractivity contribution is 5.91. The Morgan fingerprint density at radius 2 is 2.23 bits per heavy atom. The molecule has 1 heterocycles. The fraction of sp³-hybridized carbons (Fsp3) is 0.700. The molecule has 0 amide bonds. The van der Waals surface area contributed by atoms with Crippen molar-refractivity contribution in [3.63, 3.8) is 0 Å². The van der Waals surface area contributed by atoms with E-state index in [1.807, 2.05) is 6.92 Å². The summed E-state index contributed by atoms with van der Waals surface area (Å²) < 4.78 is 5.22. The second-order valence-electron chi connectivity index (χ2n) is 3.42. The molecule has 1 fully saturated rings. The van der Waals surface area contributed by atoms with E-state index in [-0.39, 0.29) is 11.7 Å². The van der Waals surface area contributed by atoms with Crippen LogP contribution in [0.3, 0.4) is 0 Å². The summed E-state index contributed by atoms with van der Waals surface area (Å²) in [5.41, 5.74) is 0. The molecule has 1 aliphatic heterocycles. The zero-order chi connectivity index (χ0) is 9.68. The van der Waals surface area contributed by atoms with Gasteiger partial charge < -0.3 is 4.74 Å². The molecule has 1 aliphatic rings. The van der Waals surface area contributed by atoms with Gasteiger partial charge in [0.15, 0.2) is 5.78 Å². The monoisotopic (exact) mass is 183 g/mol. The summed E-state index contributed by atoms with van der Waals surface area (Å²) >= 11 is 0. The fourth-order valence-electron chi connectivity index (χ4n) is 1.46. The summed E-state index contributed by atoms with van der Waals surface area (Å²) in [6.45, 7) is 9.71. The minimum atomic E-state index is 0.0654. The van der Waals surface area contributed by atoms with Crippen LogP contribution >= 0.6 is 0 Å². The molecule has 0 radical (unpaired) electrons. The molecule has 0 saturated carbocycles. The van der Waals surface area contributed by atoms with Crippen molar-refractivity contribution >= 4 is 5.78 Å². The molecule has 74 valence electrons. The number of ketones is 1. The van der Waals surface area contributed by atoms with Crippen LogP contribution in [0.25, 0.3) is 0 Å². The summed E-state index contributed by atoms with van der Waals surface area (Å²) in [6.07, 6.45) is 1.41. The lowest BCUT2D eigenvalue weighted by molar-refractivity contribution is -0.118. The molecule has 0 aliphatic carbocycles. The Morgan fingerprint density at radius 1 is 1.62 bits per heavy atom. The Morgan fingerprint density at radius 3 is 2.77 bits per heavy atom. The Labute approximate surface area is 79.4 Å². The summed E-state index contributed by atoms with van der Waals surface area (Å²) in [7, 11) is 0. The normalized spacial score (nSPS) is 21.0. The molecule has 0 N–H and O–H groups in total. The number of carbonyl (C=O) groups excluding carboxylic acids is 1. The lowest BCUT2D eigenvalue weighted by Crippen LogP contribution is -2.40. The van der Waals surface area contributed by atoms with Gasteiger partial charge in [0.1, 0.15) is 0 Å². The Balaban J connectivity index is 2.29. The van der Waals surface area contributed by atoms with Crippen LogP contribution in [0.2, 0.25) is 0 Å². The summed E-state index contributed by atoms with van der Waals surface area (Å²) in [5.74, 6) is 0.196. The third-order valence-corrected chi connectivity index (χ3v) is 2.32. The topological polar surface area (TPSA) is 29.5 Å². The maximum atomic E-state index is 11.2. The molecule has 13 heavy (non-hydrogen) atoms. The predicted molar refractivity (Wildman–Crippen MR) is 51.6 cm³/mol. The van der Waals surface area contributed by atoms with Crippen LogP contribution < -0.4 is 0 Å². The van der Waals surface area contributed by atoms with Crippen molar-refractivity contribution in [2.75, 3.05) is 32.8 Å². The molecular weight excluding hydrogens is 166 g/mol. The van der Waals surface area contributed by atoms with Gasteiger partial charge in [-0.05, 0) is 6.08 Å². The quantitative estimate of drug-likeness (QED) is 0.601. The number of hydrogen-bond acceptors (Lipinski definition) is 3. The fourth-order valence-corrected chi connectivity index (χ4v) is 1.46. The molecule has 1 unspecified atom stereocenters. The van der Waals surface area contributed by atoms with E-state index in [0.29, 0.717) is 0 Å². The summed E-state index contributed by atoms with van der Waals surface area (Å²) in [6, 6.07) is 0. The minimum Gasteiger partial charge on any atom is -0.379 e. The Hall–Kier alpha value is -0.670. The first-order valence-corrected chi connectivity index (χ1v) is 4.70. The molecule has 0 bridgehead atoms. The predicted octanol–water partition coefficient (Wildman–Crippen LogP) is 0.710. The highest BCUT2D eigenvalue weighted by atomic mass is 16.5. The molecule has 1 atom stereocenters. The van der Waals surface area contributed by atoms with Crippen molar-refractivity contribution < 1.29 is 9.53 Å². The van der Waals surface area contributed by atoms with Crippen LogP contribution in [0.1, 0.15) is 6.92 Å². The molecule has 0 aromatic carbocycles. The standard InChI is InChI=1S/C10H17NO2/c1-3-10(12)9(2)8-11-4-6-13-7-5-11/h3,9H,1,4-8H2,2H3. The number of nitrogens with zero attached hydrogens (tertiary/aromatic N) is 1. The first kappa shape index (κ1) is 10.4. The van der Waals surface area contributed by atoms with E-state index in [0.717, 1.165) is 32.8 Å². The summed E-state index contributed by atoms with van der Waals surface area (Å²) in [5, 5.41) is 0. The van der Waals surface area contributed by atoms with Crippen molar-refractivity contribution in [3.8, 4) is 0 Å².